The lowest BCUT2D eigenvalue weighted by molar-refractivity contribution is 0.297. The molecule has 0 fully saturated rings. The van der Waals surface area contributed by atoms with Crippen LogP contribution < -0.4 is 10.1 Å². The first-order chi connectivity index (χ1) is 8.99. The molecule has 0 unspecified atom stereocenters. The molecule has 0 aliphatic heterocycles. The summed E-state index contributed by atoms with van der Waals surface area (Å²) in [5.41, 5.74) is 1.25. The monoisotopic (exact) mass is 327 g/mol. The van der Waals surface area contributed by atoms with Crippen molar-refractivity contribution in [2.45, 2.75) is 53.1 Å². The van der Waals surface area contributed by atoms with Crippen molar-refractivity contribution < 1.29 is 4.74 Å². The summed E-state index contributed by atoms with van der Waals surface area (Å²) < 4.78 is 6.94. The van der Waals surface area contributed by atoms with Gasteiger partial charge in [0.05, 0.1) is 6.61 Å². The van der Waals surface area contributed by atoms with Gasteiger partial charge in [0.15, 0.2) is 0 Å². The first-order valence-corrected chi connectivity index (χ1v) is 7.93. The molecule has 1 aromatic rings. The fourth-order valence-corrected chi connectivity index (χ4v) is 2.16. The van der Waals surface area contributed by atoms with Crippen LogP contribution in [0.3, 0.4) is 0 Å². The zero-order valence-electron chi connectivity index (χ0n) is 12.5. The third-order valence-corrected chi connectivity index (χ3v) is 3.69. The van der Waals surface area contributed by atoms with Gasteiger partial charge in [-0.3, -0.25) is 0 Å². The van der Waals surface area contributed by atoms with Crippen molar-refractivity contribution in [1.82, 2.24) is 5.32 Å². The van der Waals surface area contributed by atoms with Gasteiger partial charge in [0.25, 0.3) is 0 Å². The molecule has 1 N–H and O–H groups in total. The maximum absolute atomic E-state index is 5.81. The minimum atomic E-state index is 0.488. The highest BCUT2D eigenvalue weighted by molar-refractivity contribution is 9.10. The Labute approximate surface area is 126 Å². The smallest absolute Gasteiger partial charge is 0.119 e. The van der Waals surface area contributed by atoms with Gasteiger partial charge in [-0.2, -0.15) is 0 Å². The molecule has 0 aromatic heterocycles. The van der Waals surface area contributed by atoms with Crippen LogP contribution in [0, 0.1) is 5.92 Å². The highest BCUT2D eigenvalue weighted by Gasteiger charge is 2.04. The molecule has 0 saturated heterocycles. The zero-order chi connectivity index (χ0) is 14.3. The Morgan fingerprint density at radius 2 is 1.95 bits per heavy atom. The van der Waals surface area contributed by atoms with Gasteiger partial charge in [0.1, 0.15) is 5.75 Å². The minimum absolute atomic E-state index is 0.488. The van der Waals surface area contributed by atoms with Gasteiger partial charge in [0, 0.05) is 17.1 Å². The van der Waals surface area contributed by atoms with Crippen LogP contribution in [0.2, 0.25) is 0 Å². The summed E-state index contributed by atoms with van der Waals surface area (Å²) in [4.78, 5) is 0. The van der Waals surface area contributed by atoms with Gasteiger partial charge in [-0.25, -0.2) is 0 Å². The van der Waals surface area contributed by atoms with Crippen molar-refractivity contribution in [3.05, 3.63) is 28.2 Å². The van der Waals surface area contributed by atoms with Gasteiger partial charge in [-0.05, 0) is 42.5 Å². The molecule has 1 aromatic carbocycles. The highest BCUT2D eigenvalue weighted by atomic mass is 79.9. The number of rotatable bonds is 8. The number of halogens is 1. The zero-order valence-corrected chi connectivity index (χ0v) is 14.1. The number of benzene rings is 1. The fraction of sp³-hybridized carbons (Fsp3) is 0.625. The van der Waals surface area contributed by atoms with Crippen molar-refractivity contribution in [2.24, 2.45) is 5.92 Å². The molecule has 19 heavy (non-hydrogen) atoms. The van der Waals surface area contributed by atoms with E-state index < -0.39 is 0 Å². The van der Waals surface area contributed by atoms with E-state index in [1.807, 2.05) is 6.07 Å². The third-order valence-electron chi connectivity index (χ3n) is 2.91. The van der Waals surface area contributed by atoms with E-state index in [0.29, 0.717) is 6.04 Å². The van der Waals surface area contributed by atoms with Gasteiger partial charge in [-0.1, -0.05) is 43.6 Å². The number of ether oxygens (including phenoxy) is 1. The SMILES string of the molecule is CC(C)CCCOc1ccc(Br)c(CNC(C)C)c1. The summed E-state index contributed by atoms with van der Waals surface area (Å²) in [7, 11) is 0. The van der Waals surface area contributed by atoms with E-state index in [-0.39, 0.29) is 0 Å². The molecule has 0 atom stereocenters. The van der Waals surface area contributed by atoms with Crippen molar-refractivity contribution in [3.8, 4) is 5.75 Å². The molecule has 0 spiro atoms. The lowest BCUT2D eigenvalue weighted by atomic mass is 10.1. The largest absolute Gasteiger partial charge is 0.494 e. The molecule has 0 amide bonds. The Bertz CT molecular complexity index is 377. The minimum Gasteiger partial charge on any atom is -0.494 e. The topological polar surface area (TPSA) is 21.3 Å². The third kappa shape index (κ3) is 6.98. The summed E-state index contributed by atoms with van der Waals surface area (Å²) in [6, 6.07) is 6.70. The first kappa shape index (κ1) is 16.5. The van der Waals surface area contributed by atoms with E-state index in [9.17, 15) is 0 Å². The second-order valence-corrected chi connectivity index (χ2v) is 6.53. The van der Waals surface area contributed by atoms with Crippen LogP contribution in [-0.2, 0) is 6.54 Å². The fourth-order valence-electron chi connectivity index (χ4n) is 1.77. The van der Waals surface area contributed by atoms with Crippen LogP contribution in [0.25, 0.3) is 0 Å². The van der Waals surface area contributed by atoms with Crippen LogP contribution in [0.5, 0.6) is 5.75 Å². The molecule has 0 saturated carbocycles. The van der Waals surface area contributed by atoms with Crippen LogP contribution in [0.4, 0.5) is 0 Å². The molecule has 0 heterocycles. The normalized spacial score (nSPS) is 11.3. The number of nitrogens with one attached hydrogen (secondary N) is 1. The van der Waals surface area contributed by atoms with Crippen LogP contribution >= 0.6 is 15.9 Å². The summed E-state index contributed by atoms with van der Waals surface area (Å²) in [6.07, 6.45) is 2.34. The van der Waals surface area contributed by atoms with E-state index >= 15 is 0 Å². The van der Waals surface area contributed by atoms with E-state index in [4.69, 9.17) is 4.74 Å². The Hall–Kier alpha value is -0.540. The molecule has 2 nitrogen and oxygen atoms in total. The second kappa shape index (κ2) is 8.60. The lowest BCUT2D eigenvalue weighted by Crippen LogP contribution is -2.22. The van der Waals surface area contributed by atoms with Gasteiger partial charge in [0.2, 0.25) is 0 Å². The second-order valence-electron chi connectivity index (χ2n) is 5.67. The van der Waals surface area contributed by atoms with E-state index in [2.05, 4.69) is 61.1 Å². The van der Waals surface area contributed by atoms with Crippen LogP contribution in [-0.4, -0.2) is 12.6 Å². The summed E-state index contributed by atoms with van der Waals surface area (Å²) in [5, 5.41) is 3.43. The standard InChI is InChI=1S/C16H26BrNO/c1-12(2)6-5-9-19-15-7-8-16(17)14(10-15)11-18-13(3)4/h7-8,10,12-13,18H,5-6,9,11H2,1-4H3. The van der Waals surface area contributed by atoms with Gasteiger partial charge in [-0.15, -0.1) is 0 Å². The summed E-state index contributed by atoms with van der Waals surface area (Å²) in [5.74, 6) is 1.71. The molecule has 108 valence electrons. The quantitative estimate of drug-likeness (QED) is 0.695. The average Bonchev–Trinajstić information content (AvgIpc) is 2.34. The number of hydrogen-bond acceptors (Lipinski definition) is 2. The Morgan fingerprint density at radius 3 is 2.58 bits per heavy atom. The number of hydrogen-bond donors (Lipinski definition) is 1. The lowest BCUT2D eigenvalue weighted by Gasteiger charge is -2.12. The molecule has 0 aliphatic carbocycles. The summed E-state index contributed by atoms with van der Waals surface area (Å²) in [6.45, 7) is 10.5. The predicted molar refractivity (Wildman–Crippen MR) is 85.7 cm³/mol. The predicted octanol–water partition coefficient (Wildman–Crippen LogP) is 4.76. The molecule has 0 bridgehead atoms. The van der Waals surface area contributed by atoms with E-state index in [1.54, 1.807) is 0 Å². The average molecular weight is 328 g/mol. The van der Waals surface area contributed by atoms with Crippen LogP contribution in [0.15, 0.2) is 22.7 Å². The maximum atomic E-state index is 5.81. The van der Waals surface area contributed by atoms with Gasteiger partial charge >= 0.3 is 0 Å². The molecule has 3 heteroatoms. The molecule has 0 radical (unpaired) electrons. The Balaban J connectivity index is 2.48. The van der Waals surface area contributed by atoms with E-state index in [1.165, 1.54) is 12.0 Å². The van der Waals surface area contributed by atoms with Crippen molar-refractivity contribution in [3.63, 3.8) is 0 Å². The van der Waals surface area contributed by atoms with Crippen molar-refractivity contribution in [2.75, 3.05) is 6.61 Å². The Morgan fingerprint density at radius 1 is 1.21 bits per heavy atom. The Kier molecular flexibility index (Phi) is 7.47. The molecular formula is C16H26BrNO. The van der Waals surface area contributed by atoms with Crippen LogP contribution in [0.1, 0.15) is 46.1 Å². The van der Waals surface area contributed by atoms with Gasteiger partial charge < -0.3 is 10.1 Å². The highest BCUT2D eigenvalue weighted by Crippen LogP contribution is 2.23. The molecule has 1 rings (SSSR count). The first-order valence-electron chi connectivity index (χ1n) is 7.13. The van der Waals surface area contributed by atoms with Crippen molar-refractivity contribution >= 4 is 15.9 Å². The maximum Gasteiger partial charge on any atom is 0.119 e. The van der Waals surface area contributed by atoms with Crippen molar-refractivity contribution in [1.29, 1.82) is 0 Å². The van der Waals surface area contributed by atoms with E-state index in [0.717, 1.165) is 35.7 Å². The molecule has 0 aliphatic rings. The summed E-state index contributed by atoms with van der Waals surface area (Å²) >= 11 is 3.59. The molecular weight excluding hydrogens is 302 g/mol.